The summed E-state index contributed by atoms with van der Waals surface area (Å²) in [6.45, 7) is 2.67. The molecule has 0 aliphatic heterocycles. The van der Waals surface area contributed by atoms with Crippen LogP contribution in [0, 0.1) is 6.92 Å². The molecular weight excluding hydrogens is 260 g/mol. The number of hydrogen-bond donors (Lipinski definition) is 1. The number of benzene rings is 1. The summed E-state index contributed by atoms with van der Waals surface area (Å²) in [4.78, 5) is 9.78. The summed E-state index contributed by atoms with van der Waals surface area (Å²) in [5.41, 5.74) is 7.84. The first-order valence-electron chi connectivity index (χ1n) is 5.88. The number of nitrogen functional groups attached to an aromatic ring is 1. The van der Waals surface area contributed by atoms with Gasteiger partial charge in [0, 0.05) is 17.1 Å². The molecule has 6 heteroatoms. The van der Waals surface area contributed by atoms with Crippen molar-refractivity contribution in [1.29, 1.82) is 0 Å². The molecule has 0 amide bonds. The highest BCUT2D eigenvalue weighted by molar-refractivity contribution is 7.11. The van der Waals surface area contributed by atoms with Crippen LogP contribution in [-0.2, 0) is 6.54 Å². The van der Waals surface area contributed by atoms with Crippen LogP contribution in [0.15, 0.2) is 24.4 Å². The van der Waals surface area contributed by atoms with E-state index in [1.165, 1.54) is 0 Å². The van der Waals surface area contributed by atoms with Crippen molar-refractivity contribution in [2.24, 2.45) is 0 Å². The molecule has 5 nitrogen and oxygen atoms in total. The van der Waals surface area contributed by atoms with E-state index in [1.54, 1.807) is 18.4 Å². The monoisotopic (exact) mass is 274 g/mol. The second kappa shape index (κ2) is 4.55. The molecule has 0 spiro atoms. The smallest absolute Gasteiger partial charge is 0.201 e. The lowest BCUT2D eigenvalue weighted by Crippen LogP contribution is -2.03. The number of ether oxygens (including phenoxy) is 1. The van der Waals surface area contributed by atoms with Crippen LogP contribution in [-0.4, -0.2) is 21.6 Å². The highest BCUT2D eigenvalue weighted by Gasteiger charge is 2.10. The van der Waals surface area contributed by atoms with Gasteiger partial charge in [-0.1, -0.05) is 0 Å². The lowest BCUT2D eigenvalue weighted by molar-refractivity contribution is 0.415. The molecule has 0 fully saturated rings. The zero-order valence-corrected chi connectivity index (χ0v) is 11.6. The van der Waals surface area contributed by atoms with Gasteiger partial charge in [-0.15, -0.1) is 11.3 Å². The van der Waals surface area contributed by atoms with E-state index in [2.05, 4.69) is 9.97 Å². The summed E-state index contributed by atoms with van der Waals surface area (Å²) in [6.07, 6.45) is 1.88. The summed E-state index contributed by atoms with van der Waals surface area (Å²) in [7, 11) is 1.65. The van der Waals surface area contributed by atoms with Crippen molar-refractivity contribution < 1.29 is 4.74 Å². The Bertz CT molecular complexity index is 731. The van der Waals surface area contributed by atoms with Crippen molar-refractivity contribution >= 4 is 28.3 Å². The van der Waals surface area contributed by atoms with Crippen molar-refractivity contribution in [3.8, 4) is 5.75 Å². The minimum Gasteiger partial charge on any atom is -0.497 e. The van der Waals surface area contributed by atoms with Gasteiger partial charge in [0.15, 0.2) is 0 Å². The van der Waals surface area contributed by atoms with Gasteiger partial charge in [0.05, 0.1) is 29.7 Å². The summed E-state index contributed by atoms with van der Waals surface area (Å²) >= 11 is 1.67. The highest BCUT2D eigenvalue weighted by atomic mass is 32.1. The predicted molar refractivity (Wildman–Crippen MR) is 76.7 cm³/mol. The number of anilines is 1. The molecule has 0 aliphatic carbocycles. The molecule has 3 aromatic rings. The number of methoxy groups -OCH3 is 1. The number of nitrogens with two attached hydrogens (primary N) is 1. The van der Waals surface area contributed by atoms with E-state index in [9.17, 15) is 0 Å². The van der Waals surface area contributed by atoms with Crippen LogP contribution in [0.1, 0.15) is 9.88 Å². The number of aromatic nitrogens is 3. The van der Waals surface area contributed by atoms with E-state index in [0.717, 1.165) is 26.7 Å². The number of rotatable bonds is 3. The molecular formula is C13H14N4OS. The van der Waals surface area contributed by atoms with Gasteiger partial charge in [-0.25, -0.2) is 9.97 Å². The molecule has 0 saturated carbocycles. The van der Waals surface area contributed by atoms with Crippen LogP contribution in [0.5, 0.6) is 5.75 Å². The van der Waals surface area contributed by atoms with E-state index in [-0.39, 0.29) is 0 Å². The fraction of sp³-hybridized carbons (Fsp3) is 0.231. The van der Waals surface area contributed by atoms with Crippen LogP contribution in [0.4, 0.5) is 5.95 Å². The average molecular weight is 274 g/mol. The lowest BCUT2D eigenvalue weighted by atomic mass is 10.3. The second-order valence-electron chi connectivity index (χ2n) is 4.26. The molecule has 1 aromatic carbocycles. The Morgan fingerprint density at radius 2 is 2.26 bits per heavy atom. The Kier molecular flexibility index (Phi) is 2.87. The van der Waals surface area contributed by atoms with Gasteiger partial charge in [0.25, 0.3) is 0 Å². The molecule has 0 aliphatic rings. The second-order valence-corrected chi connectivity index (χ2v) is 5.58. The number of thiazole rings is 1. The normalized spacial score (nSPS) is 11.1. The Balaban J connectivity index is 2.08. The maximum atomic E-state index is 5.99. The summed E-state index contributed by atoms with van der Waals surface area (Å²) < 4.78 is 7.23. The first-order chi connectivity index (χ1) is 9.17. The molecule has 98 valence electrons. The molecule has 2 heterocycles. The van der Waals surface area contributed by atoms with Crippen LogP contribution in [0.2, 0.25) is 0 Å². The van der Waals surface area contributed by atoms with Gasteiger partial charge >= 0.3 is 0 Å². The van der Waals surface area contributed by atoms with Crippen LogP contribution in [0.25, 0.3) is 11.0 Å². The average Bonchev–Trinajstić information content (AvgIpc) is 2.94. The summed E-state index contributed by atoms with van der Waals surface area (Å²) in [5, 5.41) is 1.05. The number of imidazole rings is 1. The van der Waals surface area contributed by atoms with Crippen molar-refractivity contribution in [3.63, 3.8) is 0 Å². The van der Waals surface area contributed by atoms with Crippen molar-refractivity contribution in [2.75, 3.05) is 12.8 Å². The molecule has 0 unspecified atom stereocenters. The largest absolute Gasteiger partial charge is 0.497 e. The molecule has 3 rings (SSSR count). The highest BCUT2D eigenvalue weighted by Crippen LogP contribution is 2.25. The topological polar surface area (TPSA) is 66.0 Å². The first kappa shape index (κ1) is 12.0. The van der Waals surface area contributed by atoms with Crippen LogP contribution >= 0.6 is 11.3 Å². The van der Waals surface area contributed by atoms with E-state index < -0.39 is 0 Å². The molecule has 0 radical (unpaired) electrons. The number of nitrogens with zero attached hydrogens (tertiary/aromatic N) is 3. The van der Waals surface area contributed by atoms with Crippen molar-refractivity contribution in [3.05, 3.63) is 34.3 Å². The van der Waals surface area contributed by atoms with Gasteiger partial charge in [-0.05, 0) is 19.1 Å². The fourth-order valence-corrected chi connectivity index (χ4v) is 2.83. The third-order valence-corrected chi connectivity index (χ3v) is 3.87. The van der Waals surface area contributed by atoms with Crippen molar-refractivity contribution in [2.45, 2.75) is 13.5 Å². The third kappa shape index (κ3) is 2.15. The Morgan fingerprint density at radius 1 is 1.42 bits per heavy atom. The van der Waals surface area contributed by atoms with E-state index in [0.29, 0.717) is 12.5 Å². The Labute approximate surface area is 114 Å². The maximum Gasteiger partial charge on any atom is 0.201 e. The molecule has 2 aromatic heterocycles. The van der Waals surface area contributed by atoms with Crippen molar-refractivity contribution in [1.82, 2.24) is 14.5 Å². The van der Waals surface area contributed by atoms with Gasteiger partial charge in [0.2, 0.25) is 5.95 Å². The van der Waals surface area contributed by atoms with Crippen LogP contribution < -0.4 is 10.5 Å². The number of aryl methyl sites for hydroxylation is 1. The number of fused-ring (bicyclic) bond motifs is 1. The molecule has 19 heavy (non-hydrogen) atoms. The minimum atomic E-state index is 0.509. The Morgan fingerprint density at radius 3 is 2.95 bits per heavy atom. The predicted octanol–water partition coefficient (Wildman–Crippen LogP) is 2.44. The SMILES string of the molecule is COc1ccc2nc(N)n(Cc3cnc(C)s3)c2c1. The van der Waals surface area contributed by atoms with E-state index in [4.69, 9.17) is 10.5 Å². The molecule has 0 saturated heterocycles. The van der Waals surface area contributed by atoms with E-state index in [1.807, 2.05) is 35.9 Å². The molecule has 2 N–H and O–H groups in total. The first-order valence-corrected chi connectivity index (χ1v) is 6.70. The molecule has 0 bridgehead atoms. The Hall–Kier alpha value is -2.08. The quantitative estimate of drug-likeness (QED) is 0.796. The maximum absolute atomic E-state index is 5.99. The minimum absolute atomic E-state index is 0.509. The third-order valence-electron chi connectivity index (χ3n) is 2.97. The fourth-order valence-electron chi connectivity index (χ4n) is 2.05. The van der Waals surface area contributed by atoms with Gasteiger partial charge in [-0.3, -0.25) is 0 Å². The number of hydrogen-bond acceptors (Lipinski definition) is 5. The lowest BCUT2D eigenvalue weighted by Gasteiger charge is -2.05. The van der Waals surface area contributed by atoms with Gasteiger partial charge in [0.1, 0.15) is 5.75 Å². The van der Waals surface area contributed by atoms with Gasteiger partial charge in [-0.2, -0.15) is 0 Å². The molecule has 0 atom stereocenters. The van der Waals surface area contributed by atoms with Gasteiger partial charge < -0.3 is 15.0 Å². The summed E-state index contributed by atoms with van der Waals surface area (Å²) in [5.74, 6) is 1.31. The zero-order valence-electron chi connectivity index (χ0n) is 10.8. The van der Waals surface area contributed by atoms with Crippen LogP contribution in [0.3, 0.4) is 0 Å². The standard InChI is InChI=1S/C13H14N4OS/c1-8-15-6-10(19-8)7-17-12-5-9(18-2)3-4-11(12)16-13(17)14/h3-6H,7H2,1-2H3,(H2,14,16). The summed E-state index contributed by atoms with van der Waals surface area (Å²) in [6, 6.07) is 5.75. The van der Waals surface area contributed by atoms with E-state index >= 15 is 0 Å². The zero-order chi connectivity index (χ0) is 13.4.